The van der Waals surface area contributed by atoms with Crippen molar-refractivity contribution in [3.8, 4) is 0 Å². The number of rotatable bonds is 4. The lowest BCUT2D eigenvalue weighted by Crippen LogP contribution is -2.41. The van der Waals surface area contributed by atoms with Crippen LogP contribution in [0.5, 0.6) is 0 Å². The molecule has 2 rings (SSSR count). The number of nitrogens with zero attached hydrogens (tertiary/aromatic N) is 1. The van der Waals surface area contributed by atoms with Crippen molar-refractivity contribution in [2.24, 2.45) is 0 Å². The van der Waals surface area contributed by atoms with Crippen LogP contribution in [-0.2, 0) is 9.53 Å². The lowest BCUT2D eigenvalue weighted by Gasteiger charge is -2.27. The monoisotopic (exact) mass is 249 g/mol. The predicted octanol–water partition coefficient (Wildman–Crippen LogP) is 1.39. The molecular weight excluding hydrogens is 232 g/mol. The molecule has 0 bridgehead atoms. The summed E-state index contributed by atoms with van der Waals surface area (Å²) in [5.41, 5.74) is 1.78. The summed E-state index contributed by atoms with van der Waals surface area (Å²) in [7, 11) is 0. The van der Waals surface area contributed by atoms with Crippen LogP contribution in [0.4, 0.5) is 11.4 Å². The maximum Gasteiger partial charge on any atom is 0.253 e. The topological polar surface area (TPSA) is 61.8 Å². The van der Waals surface area contributed by atoms with Gasteiger partial charge in [0.1, 0.15) is 12.7 Å². The van der Waals surface area contributed by atoms with Gasteiger partial charge in [-0.3, -0.25) is 4.79 Å². The molecule has 5 nitrogen and oxygen atoms in total. The Morgan fingerprint density at radius 1 is 1.44 bits per heavy atom. The molecule has 2 N–H and O–H groups in total. The van der Waals surface area contributed by atoms with Gasteiger partial charge >= 0.3 is 0 Å². The summed E-state index contributed by atoms with van der Waals surface area (Å²) in [6.45, 7) is 3.39. The minimum atomic E-state index is -0.0125. The van der Waals surface area contributed by atoms with Crippen LogP contribution in [-0.4, -0.2) is 37.3 Å². The molecule has 18 heavy (non-hydrogen) atoms. The van der Waals surface area contributed by atoms with E-state index < -0.39 is 0 Å². The molecule has 1 amide bonds. The van der Waals surface area contributed by atoms with Crippen LogP contribution in [0, 0.1) is 6.10 Å². The van der Waals surface area contributed by atoms with E-state index in [4.69, 9.17) is 9.84 Å². The van der Waals surface area contributed by atoms with Gasteiger partial charge in [0.15, 0.2) is 0 Å². The van der Waals surface area contributed by atoms with Crippen molar-refractivity contribution >= 4 is 17.3 Å². The van der Waals surface area contributed by atoms with Crippen molar-refractivity contribution in [1.29, 1.82) is 0 Å². The molecule has 1 radical (unpaired) electrons. The summed E-state index contributed by atoms with van der Waals surface area (Å²) in [6, 6.07) is 7.55. The van der Waals surface area contributed by atoms with Crippen molar-refractivity contribution < 1.29 is 14.6 Å². The molecule has 1 aromatic rings. The number of amides is 1. The fraction of sp³-hybridized carbons (Fsp3) is 0.385. The van der Waals surface area contributed by atoms with Gasteiger partial charge in [0, 0.05) is 24.5 Å². The molecule has 1 saturated heterocycles. The quantitative estimate of drug-likeness (QED) is 0.846. The molecular formula is C13H17N2O3. The van der Waals surface area contributed by atoms with Crippen LogP contribution < -0.4 is 10.2 Å². The number of hydrogen-bond acceptors (Lipinski definition) is 4. The number of benzene rings is 1. The number of ether oxygens (including phenoxy) is 1. The summed E-state index contributed by atoms with van der Waals surface area (Å²) in [5, 5.41) is 12.2. The lowest BCUT2D eigenvalue weighted by molar-refractivity contribution is -0.125. The van der Waals surface area contributed by atoms with E-state index in [1.807, 2.05) is 24.3 Å². The van der Waals surface area contributed by atoms with Crippen molar-refractivity contribution in [2.75, 3.05) is 36.5 Å². The van der Waals surface area contributed by atoms with Crippen LogP contribution in [0.1, 0.15) is 6.92 Å². The van der Waals surface area contributed by atoms with Gasteiger partial charge in [0.05, 0.1) is 6.61 Å². The Morgan fingerprint density at radius 2 is 2.17 bits per heavy atom. The van der Waals surface area contributed by atoms with Crippen molar-refractivity contribution in [3.63, 3.8) is 0 Å². The highest BCUT2D eigenvalue weighted by atomic mass is 16.5. The Hall–Kier alpha value is -1.59. The number of aliphatic hydroxyl groups is 1. The summed E-state index contributed by atoms with van der Waals surface area (Å²) in [6.07, 6.45) is 0.336. The number of carbonyl (C=O) groups excluding carboxylic acids is 1. The third-order valence-electron chi connectivity index (χ3n) is 2.71. The lowest BCUT2D eigenvalue weighted by atomic mass is 10.2. The molecule has 0 aromatic heterocycles. The van der Waals surface area contributed by atoms with Crippen molar-refractivity contribution in [3.05, 3.63) is 30.4 Å². The van der Waals surface area contributed by atoms with Gasteiger partial charge in [-0.2, -0.15) is 0 Å². The molecule has 0 aliphatic carbocycles. The van der Waals surface area contributed by atoms with Gasteiger partial charge in [0.25, 0.3) is 5.91 Å². The van der Waals surface area contributed by atoms with Crippen LogP contribution in [0.2, 0.25) is 0 Å². The molecule has 1 fully saturated rings. The van der Waals surface area contributed by atoms with E-state index in [1.165, 1.54) is 0 Å². The SMILES string of the molecule is C[C](O)CNc1ccc(N2CCOCC2=O)cc1. The maximum absolute atomic E-state index is 11.6. The van der Waals surface area contributed by atoms with Gasteiger partial charge < -0.3 is 20.1 Å². The van der Waals surface area contributed by atoms with E-state index in [0.717, 1.165) is 11.4 Å². The van der Waals surface area contributed by atoms with Gasteiger partial charge in [-0.15, -0.1) is 0 Å². The molecule has 1 heterocycles. The zero-order valence-corrected chi connectivity index (χ0v) is 10.3. The second-order valence-corrected chi connectivity index (χ2v) is 4.23. The smallest absolute Gasteiger partial charge is 0.253 e. The Labute approximate surface area is 106 Å². The van der Waals surface area contributed by atoms with Gasteiger partial charge in [-0.25, -0.2) is 0 Å². The zero-order valence-electron chi connectivity index (χ0n) is 10.3. The predicted molar refractivity (Wildman–Crippen MR) is 69.0 cm³/mol. The first-order valence-electron chi connectivity index (χ1n) is 5.90. The second kappa shape index (κ2) is 5.84. The molecule has 5 heteroatoms. The van der Waals surface area contributed by atoms with Crippen LogP contribution in [0.25, 0.3) is 0 Å². The van der Waals surface area contributed by atoms with E-state index in [-0.39, 0.29) is 12.5 Å². The molecule has 0 atom stereocenters. The van der Waals surface area contributed by atoms with Gasteiger partial charge in [-0.05, 0) is 31.2 Å². The fourth-order valence-corrected chi connectivity index (χ4v) is 1.78. The van der Waals surface area contributed by atoms with Crippen molar-refractivity contribution in [2.45, 2.75) is 6.92 Å². The third-order valence-corrected chi connectivity index (χ3v) is 2.71. The van der Waals surface area contributed by atoms with Gasteiger partial charge in [-0.1, -0.05) is 0 Å². The summed E-state index contributed by atoms with van der Waals surface area (Å²) >= 11 is 0. The van der Waals surface area contributed by atoms with E-state index in [0.29, 0.717) is 25.8 Å². The minimum absolute atomic E-state index is 0.0125. The molecule has 1 aliphatic rings. The van der Waals surface area contributed by atoms with Crippen LogP contribution in [0.3, 0.4) is 0 Å². The molecule has 0 spiro atoms. The number of hydrogen-bond donors (Lipinski definition) is 2. The highest BCUT2D eigenvalue weighted by Gasteiger charge is 2.19. The van der Waals surface area contributed by atoms with E-state index in [1.54, 1.807) is 11.8 Å². The Morgan fingerprint density at radius 3 is 2.78 bits per heavy atom. The average Bonchev–Trinajstić information content (AvgIpc) is 2.38. The van der Waals surface area contributed by atoms with Crippen molar-refractivity contribution in [1.82, 2.24) is 0 Å². The molecule has 1 aliphatic heterocycles. The van der Waals surface area contributed by atoms with Crippen LogP contribution in [0.15, 0.2) is 24.3 Å². The molecule has 0 saturated carbocycles. The normalized spacial score (nSPS) is 16.2. The minimum Gasteiger partial charge on any atom is -0.385 e. The van der Waals surface area contributed by atoms with E-state index in [2.05, 4.69) is 5.32 Å². The number of nitrogens with one attached hydrogen (secondary N) is 1. The fourth-order valence-electron chi connectivity index (χ4n) is 1.78. The third kappa shape index (κ3) is 3.21. The number of aliphatic hydroxyl groups excluding tert-OH is 1. The first kappa shape index (κ1) is 12.9. The maximum atomic E-state index is 11.6. The van der Waals surface area contributed by atoms with E-state index >= 15 is 0 Å². The Kier molecular flexibility index (Phi) is 4.17. The zero-order chi connectivity index (χ0) is 13.0. The molecule has 97 valence electrons. The highest BCUT2D eigenvalue weighted by Crippen LogP contribution is 2.19. The van der Waals surface area contributed by atoms with Crippen LogP contribution >= 0.6 is 0 Å². The summed E-state index contributed by atoms with van der Waals surface area (Å²) < 4.78 is 5.09. The molecule has 1 aromatic carbocycles. The number of anilines is 2. The van der Waals surface area contributed by atoms with Gasteiger partial charge in [0.2, 0.25) is 0 Å². The number of carbonyl (C=O) groups is 1. The first-order chi connectivity index (χ1) is 8.66. The standard InChI is InChI=1S/C13H17N2O3/c1-10(16)8-14-11-2-4-12(5-3-11)15-6-7-18-9-13(15)17/h2-5,14,16H,6-9H2,1H3. The first-order valence-corrected chi connectivity index (χ1v) is 5.90. The Bertz CT molecular complexity index is 403. The van der Waals surface area contributed by atoms with E-state index in [9.17, 15) is 4.79 Å². The summed E-state index contributed by atoms with van der Waals surface area (Å²) in [4.78, 5) is 13.4. The second-order valence-electron chi connectivity index (χ2n) is 4.23. The number of morpholine rings is 1. The largest absolute Gasteiger partial charge is 0.385 e. The average molecular weight is 249 g/mol. The summed E-state index contributed by atoms with van der Waals surface area (Å²) in [5.74, 6) is -0.0125. The highest BCUT2D eigenvalue weighted by molar-refractivity contribution is 5.94. The Balaban J connectivity index is 2.00. The molecule has 0 unspecified atom stereocenters.